The highest BCUT2D eigenvalue weighted by Gasteiger charge is 2.57. The first-order valence-corrected chi connectivity index (χ1v) is 16.0. The third-order valence-corrected chi connectivity index (χ3v) is 11.2. The van der Waals surface area contributed by atoms with Gasteiger partial charge in [-0.25, -0.2) is 17.7 Å². The second kappa shape index (κ2) is 10.6. The van der Waals surface area contributed by atoms with E-state index in [9.17, 15) is 8.42 Å². The molecule has 1 aromatic heterocycles. The summed E-state index contributed by atoms with van der Waals surface area (Å²) in [6, 6.07) is 26.0. The maximum atomic E-state index is 13.4. The number of sulfonamides is 1. The normalized spacial score (nSPS) is 25.5. The molecule has 0 amide bonds. The zero-order valence-electron chi connectivity index (χ0n) is 23.4. The molecule has 1 saturated heterocycles. The number of benzene rings is 3. The summed E-state index contributed by atoms with van der Waals surface area (Å²) in [5.41, 5.74) is 3.16. The number of fused-ring (bicyclic) bond motifs is 1. The average Bonchev–Trinajstić information content (AvgIpc) is 3.52. The van der Waals surface area contributed by atoms with Crippen molar-refractivity contribution in [3.63, 3.8) is 0 Å². The highest BCUT2D eigenvalue weighted by Crippen LogP contribution is 2.56. The van der Waals surface area contributed by atoms with Crippen LogP contribution in [0, 0.1) is 12.8 Å². The highest BCUT2D eigenvalue weighted by atomic mass is 35.5. The zero-order valence-corrected chi connectivity index (χ0v) is 24.9. The molecule has 2 fully saturated rings. The quantitative estimate of drug-likeness (QED) is 0.247. The van der Waals surface area contributed by atoms with E-state index in [0.717, 1.165) is 49.3 Å². The van der Waals surface area contributed by atoms with Gasteiger partial charge in [0.15, 0.2) is 0 Å². The van der Waals surface area contributed by atoms with Crippen LogP contribution in [-0.4, -0.2) is 59.9 Å². The molecule has 1 aliphatic carbocycles. The Labute approximate surface area is 242 Å². The van der Waals surface area contributed by atoms with E-state index in [4.69, 9.17) is 16.6 Å². The molecule has 4 aromatic rings. The maximum absolute atomic E-state index is 13.4. The minimum atomic E-state index is -3.59. The van der Waals surface area contributed by atoms with Gasteiger partial charge in [0.25, 0.3) is 0 Å². The molecule has 210 valence electrons. The topological polar surface area (TPSA) is 58.4 Å². The van der Waals surface area contributed by atoms with E-state index in [-0.39, 0.29) is 5.41 Å². The predicted octanol–water partition coefficient (Wildman–Crippen LogP) is 6.30. The van der Waals surface area contributed by atoms with Gasteiger partial charge in [0, 0.05) is 49.2 Å². The fourth-order valence-corrected chi connectivity index (χ4v) is 8.37. The molecule has 1 saturated carbocycles. The number of piperidine rings is 1. The summed E-state index contributed by atoms with van der Waals surface area (Å²) in [7, 11) is -1.89. The molecule has 0 radical (unpaired) electrons. The van der Waals surface area contributed by atoms with Crippen molar-refractivity contribution in [2.75, 3.05) is 26.7 Å². The average molecular weight is 577 g/mol. The Kier molecular flexibility index (Phi) is 7.28. The van der Waals surface area contributed by atoms with E-state index >= 15 is 0 Å². The molecule has 1 aliphatic heterocycles. The van der Waals surface area contributed by atoms with E-state index in [2.05, 4.69) is 53.6 Å². The van der Waals surface area contributed by atoms with Crippen molar-refractivity contribution >= 4 is 32.7 Å². The Hall–Kier alpha value is -2.71. The first-order valence-electron chi connectivity index (χ1n) is 14.1. The fourth-order valence-electron chi connectivity index (χ4n) is 6.92. The summed E-state index contributed by atoms with van der Waals surface area (Å²) >= 11 is 6.43. The van der Waals surface area contributed by atoms with Gasteiger partial charge in [0.1, 0.15) is 5.82 Å². The van der Waals surface area contributed by atoms with Gasteiger partial charge in [0.05, 0.1) is 15.9 Å². The van der Waals surface area contributed by atoms with E-state index < -0.39 is 10.0 Å². The summed E-state index contributed by atoms with van der Waals surface area (Å²) < 4.78 is 30.8. The van der Waals surface area contributed by atoms with Crippen LogP contribution in [0.25, 0.3) is 11.0 Å². The Morgan fingerprint density at radius 2 is 1.80 bits per heavy atom. The number of hydrogen-bond donors (Lipinski definition) is 0. The van der Waals surface area contributed by atoms with Crippen molar-refractivity contribution in [3.05, 3.63) is 95.3 Å². The molecule has 6 rings (SSSR count). The first-order chi connectivity index (χ1) is 19.2. The number of aryl methyl sites for hydroxylation is 1. The van der Waals surface area contributed by atoms with Crippen molar-refractivity contribution in [2.45, 2.75) is 55.5 Å². The van der Waals surface area contributed by atoms with Crippen LogP contribution in [0.15, 0.2) is 83.8 Å². The second-order valence-corrected chi connectivity index (χ2v) is 14.2. The molecule has 6 nitrogen and oxygen atoms in total. The number of hydrogen-bond acceptors (Lipinski definition) is 4. The number of likely N-dealkylation sites (N-methyl/N-ethyl adjacent to an activating group) is 1. The van der Waals surface area contributed by atoms with Crippen molar-refractivity contribution in [1.29, 1.82) is 0 Å². The molecule has 3 aromatic carbocycles. The van der Waals surface area contributed by atoms with Crippen LogP contribution in [0.4, 0.5) is 0 Å². The second-order valence-electron chi connectivity index (χ2n) is 11.7. The van der Waals surface area contributed by atoms with Gasteiger partial charge in [0.2, 0.25) is 10.0 Å². The smallest absolute Gasteiger partial charge is 0.242 e. The highest BCUT2D eigenvalue weighted by molar-refractivity contribution is 7.89. The predicted molar refractivity (Wildman–Crippen MR) is 161 cm³/mol. The molecule has 40 heavy (non-hydrogen) atoms. The molecule has 2 heterocycles. The van der Waals surface area contributed by atoms with Gasteiger partial charge in [-0.15, -0.1) is 0 Å². The largest absolute Gasteiger partial charge is 0.325 e. The standard InChI is InChI=1S/C32H37ClN4O2S/c1-23-18-28(37-24(2)34-30-14-7-8-15-31(30)37)16-17-36(23)21-26-20-32(26,25-10-9-11-27(33)19-25)22-35(3)40(38,39)29-12-5-4-6-13-29/h4-15,19,23,26,28H,16-18,20-22H2,1-3H3/t23?,26-,28-,32+/m0/s1. The van der Waals surface area contributed by atoms with Gasteiger partial charge >= 0.3 is 0 Å². The number of nitrogens with zero attached hydrogens (tertiary/aromatic N) is 4. The fraction of sp³-hybridized carbons (Fsp3) is 0.406. The lowest BCUT2D eigenvalue weighted by molar-refractivity contribution is 0.117. The van der Waals surface area contributed by atoms with Crippen molar-refractivity contribution in [1.82, 2.24) is 18.8 Å². The third kappa shape index (κ3) is 4.98. The zero-order chi connectivity index (χ0) is 28.1. The Balaban J connectivity index is 1.20. The monoisotopic (exact) mass is 576 g/mol. The summed E-state index contributed by atoms with van der Waals surface area (Å²) in [5.74, 6) is 1.44. The Morgan fingerprint density at radius 3 is 2.55 bits per heavy atom. The molecule has 1 unspecified atom stereocenters. The van der Waals surface area contributed by atoms with Gasteiger partial charge < -0.3 is 9.47 Å². The Bertz CT molecular complexity index is 1620. The number of rotatable bonds is 8. The van der Waals surface area contributed by atoms with Crippen molar-refractivity contribution in [3.8, 4) is 0 Å². The lowest BCUT2D eigenvalue weighted by Gasteiger charge is -2.39. The van der Waals surface area contributed by atoms with Crippen LogP contribution in [-0.2, 0) is 15.4 Å². The number of halogens is 1. The van der Waals surface area contributed by atoms with Gasteiger partial charge in [-0.3, -0.25) is 0 Å². The lowest BCUT2D eigenvalue weighted by Crippen LogP contribution is -2.44. The molecule has 0 spiro atoms. The number of aromatic nitrogens is 2. The number of para-hydroxylation sites is 2. The third-order valence-electron chi connectivity index (χ3n) is 9.17. The molecular weight excluding hydrogens is 540 g/mol. The summed E-state index contributed by atoms with van der Waals surface area (Å²) in [4.78, 5) is 7.74. The lowest BCUT2D eigenvalue weighted by atomic mass is 9.91. The maximum Gasteiger partial charge on any atom is 0.242 e. The van der Waals surface area contributed by atoms with Crippen molar-refractivity contribution < 1.29 is 8.42 Å². The summed E-state index contributed by atoms with van der Waals surface area (Å²) in [6.45, 7) is 6.83. The van der Waals surface area contributed by atoms with Crippen LogP contribution in [0.1, 0.15) is 43.6 Å². The van der Waals surface area contributed by atoms with Crippen molar-refractivity contribution in [2.24, 2.45) is 5.92 Å². The van der Waals surface area contributed by atoms with Gasteiger partial charge in [-0.05, 0) is 81.0 Å². The number of imidazole rings is 1. The van der Waals surface area contributed by atoms with E-state index in [1.54, 1.807) is 31.3 Å². The van der Waals surface area contributed by atoms with Gasteiger partial charge in [-0.2, -0.15) is 0 Å². The molecule has 0 bridgehead atoms. The molecular formula is C32H37ClN4O2S. The van der Waals surface area contributed by atoms with E-state index in [0.29, 0.717) is 34.5 Å². The SMILES string of the molecule is Cc1nc2ccccc2n1[C@H]1CCN(C[C@@H]2C[C@@]2(CN(C)S(=O)(=O)c2ccccc2)c2cccc(Cl)c2)C(C)C1. The minimum absolute atomic E-state index is 0.255. The first kappa shape index (κ1) is 27.5. The molecule has 2 aliphatic rings. The van der Waals surface area contributed by atoms with E-state index in [1.165, 1.54) is 9.82 Å². The van der Waals surface area contributed by atoms with Crippen LogP contribution in [0.5, 0.6) is 0 Å². The summed E-state index contributed by atoms with van der Waals surface area (Å²) in [5, 5.41) is 0.688. The number of likely N-dealkylation sites (tertiary alicyclic amines) is 1. The van der Waals surface area contributed by atoms with Crippen LogP contribution >= 0.6 is 11.6 Å². The van der Waals surface area contributed by atoms with Crippen LogP contribution in [0.2, 0.25) is 5.02 Å². The summed E-state index contributed by atoms with van der Waals surface area (Å²) in [6.07, 6.45) is 3.09. The molecule has 8 heteroatoms. The Morgan fingerprint density at radius 1 is 1.05 bits per heavy atom. The molecule has 0 N–H and O–H groups in total. The van der Waals surface area contributed by atoms with Crippen LogP contribution < -0.4 is 0 Å². The molecule has 4 atom stereocenters. The van der Waals surface area contributed by atoms with Gasteiger partial charge in [-0.1, -0.05) is 54.1 Å². The van der Waals surface area contributed by atoms with E-state index in [1.807, 2.05) is 24.3 Å². The van der Waals surface area contributed by atoms with Crippen LogP contribution in [0.3, 0.4) is 0 Å². The minimum Gasteiger partial charge on any atom is -0.325 e.